The van der Waals surface area contributed by atoms with Crippen LogP contribution in [0, 0.1) is 0 Å². The van der Waals surface area contributed by atoms with Crippen LogP contribution in [0.2, 0.25) is 0 Å². The zero-order valence-corrected chi connectivity index (χ0v) is 11.0. The summed E-state index contributed by atoms with van der Waals surface area (Å²) in [5, 5.41) is 11.6. The number of aromatic carboxylic acids is 1. The molecule has 104 valence electrons. The van der Waals surface area contributed by atoms with E-state index in [0.29, 0.717) is 0 Å². The standard InChI is InChI=1S/C13H18N2O4/c1-3-5-9(2)14-11(16)8-15-7-4-6-10(12(15)17)13(18)19/h4,6-7,9H,3,5,8H2,1-2H3,(H,14,16)(H,18,19). The topological polar surface area (TPSA) is 88.4 Å². The number of aromatic nitrogens is 1. The van der Waals surface area contributed by atoms with E-state index in [1.54, 1.807) is 0 Å². The van der Waals surface area contributed by atoms with E-state index in [4.69, 9.17) is 5.11 Å². The second kappa shape index (κ2) is 6.72. The predicted molar refractivity (Wildman–Crippen MR) is 70.2 cm³/mol. The molecule has 0 aliphatic carbocycles. The molecule has 0 bridgehead atoms. The van der Waals surface area contributed by atoms with E-state index >= 15 is 0 Å². The highest BCUT2D eigenvalue weighted by Crippen LogP contribution is 1.96. The molecular weight excluding hydrogens is 248 g/mol. The molecule has 1 rings (SSSR count). The number of amides is 1. The molecule has 1 aromatic heterocycles. The summed E-state index contributed by atoms with van der Waals surface area (Å²) in [7, 11) is 0. The SMILES string of the molecule is CCCC(C)NC(=O)Cn1cccc(C(=O)O)c1=O. The van der Waals surface area contributed by atoms with Crippen LogP contribution in [0.1, 0.15) is 37.0 Å². The first-order chi connectivity index (χ1) is 8.95. The van der Waals surface area contributed by atoms with E-state index < -0.39 is 11.5 Å². The molecule has 0 saturated heterocycles. The molecule has 1 heterocycles. The zero-order chi connectivity index (χ0) is 14.4. The van der Waals surface area contributed by atoms with E-state index in [0.717, 1.165) is 17.4 Å². The third-order valence-electron chi connectivity index (χ3n) is 2.69. The minimum Gasteiger partial charge on any atom is -0.477 e. The van der Waals surface area contributed by atoms with Crippen LogP contribution in [0.3, 0.4) is 0 Å². The second-order valence-electron chi connectivity index (χ2n) is 4.42. The van der Waals surface area contributed by atoms with Gasteiger partial charge in [-0.15, -0.1) is 0 Å². The van der Waals surface area contributed by atoms with Crippen LogP contribution in [0.15, 0.2) is 23.1 Å². The van der Waals surface area contributed by atoms with Crippen molar-refractivity contribution in [3.8, 4) is 0 Å². The Hall–Kier alpha value is -2.11. The summed E-state index contributed by atoms with van der Waals surface area (Å²) < 4.78 is 1.09. The Morgan fingerprint density at radius 2 is 2.16 bits per heavy atom. The fraction of sp³-hybridized carbons (Fsp3) is 0.462. The largest absolute Gasteiger partial charge is 0.477 e. The summed E-state index contributed by atoms with van der Waals surface area (Å²) in [5.74, 6) is -1.59. The van der Waals surface area contributed by atoms with Gasteiger partial charge in [-0.3, -0.25) is 9.59 Å². The highest BCUT2D eigenvalue weighted by Gasteiger charge is 2.13. The predicted octanol–water partition coefficient (Wildman–Crippen LogP) is 0.851. The minimum absolute atomic E-state index is 0.0378. The Morgan fingerprint density at radius 1 is 1.47 bits per heavy atom. The van der Waals surface area contributed by atoms with E-state index in [2.05, 4.69) is 5.32 Å². The molecule has 1 atom stereocenters. The summed E-state index contributed by atoms with van der Waals surface area (Å²) in [6.07, 6.45) is 3.21. The number of rotatable bonds is 6. The quantitative estimate of drug-likeness (QED) is 0.799. The maximum atomic E-state index is 11.8. The number of nitrogens with zero attached hydrogens (tertiary/aromatic N) is 1. The van der Waals surface area contributed by atoms with E-state index in [9.17, 15) is 14.4 Å². The first-order valence-corrected chi connectivity index (χ1v) is 6.17. The van der Waals surface area contributed by atoms with Crippen molar-refractivity contribution in [1.29, 1.82) is 0 Å². The van der Waals surface area contributed by atoms with E-state index in [1.807, 2.05) is 13.8 Å². The third-order valence-corrected chi connectivity index (χ3v) is 2.69. The molecule has 0 saturated carbocycles. The lowest BCUT2D eigenvalue weighted by Crippen LogP contribution is -2.38. The van der Waals surface area contributed by atoms with Crippen LogP contribution in [-0.2, 0) is 11.3 Å². The van der Waals surface area contributed by atoms with Gasteiger partial charge >= 0.3 is 5.97 Å². The van der Waals surface area contributed by atoms with Crippen molar-refractivity contribution in [3.05, 3.63) is 34.2 Å². The summed E-state index contributed by atoms with van der Waals surface area (Å²) >= 11 is 0. The molecule has 0 aromatic carbocycles. The van der Waals surface area contributed by atoms with Gasteiger partial charge < -0.3 is 15.0 Å². The van der Waals surface area contributed by atoms with Gasteiger partial charge in [-0.05, 0) is 25.5 Å². The van der Waals surface area contributed by atoms with Gasteiger partial charge in [-0.1, -0.05) is 13.3 Å². The number of carboxylic acid groups (broad SMARTS) is 1. The zero-order valence-electron chi connectivity index (χ0n) is 11.0. The highest BCUT2D eigenvalue weighted by atomic mass is 16.4. The molecule has 19 heavy (non-hydrogen) atoms. The fourth-order valence-corrected chi connectivity index (χ4v) is 1.80. The van der Waals surface area contributed by atoms with Crippen molar-refractivity contribution in [2.75, 3.05) is 0 Å². The van der Waals surface area contributed by atoms with Gasteiger partial charge in [0, 0.05) is 12.2 Å². The molecule has 0 aliphatic rings. The lowest BCUT2D eigenvalue weighted by molar-refractivity contribution is -0.122. The minimum atomic E-state index is -1.29. The molecule has 0 fully saturated rings. The summed E-state index contributed by atoms with van der Waals surface area (Å²) in [6.45, 7) is 3.73. The number of hydrogen-bond acceptors (Lipinski definition) is 3. The third kappa shape index (κ3) is 4.24. The molecule has 1 unspecified atom stereocenters. The summed E-state index contributed by atoms with van der Waals surface area (Å²) in [4.78, 5) is 34.3. The molecule has 1 amide bonds. The second-order valence-corrected chi connectivity index (χ2v) is 4.42. The van der Waals surface area contributed by atoms with Gasteiger partial charge in [0.2, 0.25) is 5.91 Å². The first kappa shape index (κ1) is 14.9. The van der Waals surface area contributed by atoms with Gasteiger partial charge in [0.25, 0.3) is 5.56 Å². The number of carboxylic acids is 1. The number of carbonyl (C=O) groups excluding carboxylic acids is 1. The summed E-state index contributed by atoms with van der Waals surface area (Å²) in [5.41, 5.74) is -1.01. The monoisotopic (exact) mass is 266 g/mol. The van der Waals surface area contributed by atoms with Gasteiger partial charge in [0.1, 0.15) is 12.1 Å². The lowest BCUT2D eigenvalue weighted by atomic mass is 10.2. The first-order valence-electron chi connectivity index (χ1n) is 6.17. The molecule has 6 nitrogen and oxygen atoms in total. The van der Waals surface area contributed by atoms with Crippen molar-refractivity contribution in [2.24, 2.45) is 0 Å². The van der Waals surface area contributed by atoms with Gasteiger partial charge in [-0.2, -0.15) is 0 Å². The van der Waals surface area contributed by atoms with Crippen LogP contribution in [-0.4, -0.2) is 27.6 Å². The van der Waals surface area contributed by atoms with E-state index in [1.165, 1.54) is 18.3 Å². The molecule has 2 N–H and O–H groups in total. The van der Waals surface area contributed by atoms with Gasteiger partial charge in [0.15, 0.2) is 0 Å². The van der Waals surface area contributed by atoms with Crippen molar-refractivity contribution in [1.82, 2.24) is 9.88 Å². The lowest BCUT2D eigenvalue weighted by Gasteiger charge is -2.13. The van der Waals surface area contributed by atoms with Crippen LogP contribution < -0.4 is 10.9 Å². The van der Waals surface area contributed by atoms with Crippen molar-refractivity contribution in [3.63, 3.8) is 0 Å². The van der Waals surface area contributed by atoms with E-state index in [-0.39, 0.29) is 24.1 Å². The van der Waals surface area contributed by atoms with Crippen molar-refractivity contribution in [2.45, 2.75) is 39.3 Å². The van der Waals surface area contributed by atoms with Crippen LogP contribution in [0.25, 0.3) is 0 Å². The van der Waals surface area contributed by atoms with Crippen molar-refractivity contribution >= 4 is 11.9 Å². The Labute approximate surface area is 111 Å². The van der Waals surface area contributed by atoms with Gasteiger partial charge in [0.05, 0.1) is 0 Å². The smallest absolute Gasteiger partial charge is 0.341 e. The Morgan fingerprint density at radius 3 is 2.74 bits per heavy atom. The summed E-state index contributed by atoms with van der Waals surface area (Å²) in [6, 6.07) is 2.70. The molecule has 6 heteroatoms. The van der Waals surface area contributed by atoms with Crippen LogP contribution in [0.4, 0.5) is 0 Å². The number of nitrogens with one attached hydrogen (secondary N) is 1. The van der Waals surface area contributed by atoms with Crippen LogP contribution >= 0.6 is 0 Å². The normalized spacial score (nSPS) is 11.9. The molecule has 1 aromatic rings. The van der Waals surface area contributed by atoms with Crippen molar-refractivity contribution < 1.29 is 14.7 Å². The fourth-order valence-electron chi connectivity index (χ4n) is 1.80. The average Bonchev–Trinajstić information content (AvgIpc) is 2.31. The average molecular weight is 266 g/mol. The number of carbonyl (C=O) groups is 2. The Kier molecular flexibility index (Phi) is 5.29. The van der Waals surface area contributed by atoms with Crippen LogP contribution in [0.5, 0.6) is 0 Å². The maximum absolute atomic E-state index is 11.8. The molecule has 0 spiro atoms. The molecular formula is C13H18N2O4. The molecule has 0 aliphatic heterocycles. The molecule has 0 radical (unpaired) electrons. The highest BCUT2D eigenvalue weighted by molar-refractivity contribution is 5.87. The van der Waals surface area contributed by atoms with Gasteiger partial charge in [-0.25, -0.2) is 4.79 Å². The Balaban J connectivity index is 2.78. The Bertz CT molecular complexity index is 522. The maximum Gasteiger partial charge on any atom is 0.341 e. The number of pyridine rings is 1. The number of hydrogen-bond donors (Lipinski definition) is 2.